The molecule has 17 heavy (non-hydrogen) atoms. The van der Waals surface area contributed by atoms with Crippen molar-refractivity contribution in [3.63, 3.8) is 0 Å². The molecule has 0 unspecified atom stereocenters. The molecule has 1 saturated carbocycles. The minimum absolute atomic E-state index is 0.438. The van der Waals surface area contributed by atoms with Crippen LogP contribution in [0, 0.1) is 5.41 Å². The van der Waals surface area contributed by atoms with Crippen molar-refractivity contribution in [2.75, 3.05) is 11.9 Å². The first-order valence-electron chi connectivity index (χ1n) is 5.85. The highest BCUT2D eigenvalue weighted by Gasteiger charge is 2.37. The number of para-hydroxylation sites is 1. The Morgan fingerprint density at radius 1 is 1.29 bits per heavy atom. The molecule has 1 N–H and O–H groups in total. The Balaban J connectivity index is 1.79. The Hall–Kier alpha value is -1.91. The molecule has 5 heteroatoms. The lowest BCUT2D eigenvalue weighted by atomic mass is 10.1. The summed E-state index contributed by atoms with van der Waals surface area (Å²) in [5.74, 6) is 0.712. The number of benzene rings is 1. The SMILES string of the molecule is CC1(CNc2nnnn2-c2ccccc2)CC1. The normalized spacial score (nSPS) is 16.8. The van der Waals surface area contributed by atoms with Crippen LogP contribution < -0.4 is 5.32 Å². The number of anilines is 1. The summed E-state index contributed by atoms with van der Waals surface area (Å²) in [6, 6.07) is 9.90. The second-order valence-corrected chi connectivity index (χ2v) is 4.91. The Bertz CT molecular complexity index is 501. The van der Waals surface area contributed by atoms with E-state index in [-0.39, 0.29) is 0 Å². The molecule has 0 bridgehead atoms. The van der Waals surface area contributed by atoms with E-state index in [0.29, 0.717) is 11.4 Å². The van der Waals surface area contributed by atoms with Crippen molar-refractivity contribution < 1.29 is 0 Å². The number of hydrogen-bond acceptors (Lipinski definition) is 4. The van der Waals surface area contributed by atoms with Crippen molar-refractivity contribution in [3.8, 4) is 5.69 Å². The van der Waals surface area contributed by atoms with Gasteiger partial charge in [-0.1, -0.05) is 30.2 Å². The molecular formula is C12H15N5. The van der Waals surface area contributed by atoms with Gasteiger partial charge in [0.05, 0.1) is 5.69 Å². The third kappa shape index (κ3) is 2.13. The summed E-state index contributed by atoms with van der Waals surface area (Å²) in [5, 5.41) is 15.1. The third-order valence-corrected chi connectivity index (χ3v) is 3.25. The van der Waals surface area contributed by atoms with Gasteiger partial charge in [-0.15, -0.1) is 0 Å². The van der Waals surface area contributed by atoms with Gasteiger partial charge >= 0.3 is 0 Å². The van der Waals surface area contributed by atoms with Crippen molar-refractivity contribution in [2.45, 2.75) is 19.8 Å². The Morgan fingerprint density at radius 2 is 2.06 bits per heavy atom. The van der Waals surface area contributed by atoms with Gasteiger partial charge in [-0.2, -0.15) is 4.68 Å². The monoisotopic (exact) mass is 229 g/mol. The maximum Gasteiger partial charge on any atom is 0.247 e. The molecule has 3 rings (SSSR count). The maximum atomic E-state index is 4.01. The van der Waals surface area contributed by atoms with Crippen LogP contribution in [0.15, 0.2) is 30.3 Å². The topological polar surface area (TPSA) is 55.6 Å². The van der Waals surface area contributed by atoms with E-state index in [2.05, 4.69) is 27.8 Å². The van der Waals surface area contributed by atoms with Gasteiger partial charge in [-0.3, -0.25) is 0 Å². The molecule has 0 aliphatic heterocycles. The fourth-order valence-corrected chi connectivity index (χ4v) is 1.72. The van der Waals surface area contributed by atoms with Crippen molar-refractivity contribution in [1.82, 2.24) is 20.2 Å². The predicted molar refractivity (Wildman–Crippen MR) is 65.0 cm³/mol. The first kappa shape index (κ1) is 10.3. The van der Waals surface area contributed by atoms with Crippen LogP contribution in [-0.4, -0.2) is 26.8 Å². The summed E-state index contributed by atoms with van der Waals surface area (Å²) in [5.41, 5.74) is 1.41. The largest absolute Gasteiger partial charge is 0.352 e. The van der Waals surface area contributed by atoms with Crippen molar-refractivity contribution >= 4 is 5.95 Å². The van der Waals surface area contributed by atoms with Gasteiger partial charge in [0.2, 0.25) is 5.95 Å². The molecular weight excluding hydrogens is 214 g/mol. The van der Waals surface area contributed by atoms with Crippen LogP contribution in [0.2, 0.25) is 0 Å². The minimum atomic E-state index is 0.438. The Morgan fingerprint density at radius 3 is 2.76 bits per heavy atom. The summed E-state index contributed by atoms with van der Waals surface area (Å²) in [4.78, 5) is 0. The van der Waals surface area contributed by atoms with Gasteiger partial charge in [-0.25, -0.2) is 0 Å². The van der Waals surface area contributed by atoms with Gasteiger partial charge in [0.1, 0.15) is 0 Å². The average Bonchev–Trinajstić information content (AvgIpc) is 2.93. The molecule has 1 aromatic carbocycles. The van der Waals surface area contributed by atoms with Gasteiger partial charge in [-0.05, 0) is 40.8 Å². The zero-order chi connectivity index (χ0) is 11.7. The molecule has 2 aromatic rings. The van der Waals surface area contributed by atoms with Crippen molar-refractivity contribution in [2.24, 2.45) is 5.41 Å². The molecule has 1 heterocycles. The molecule has 88 valence electrons. The second kappa shape index (κ2) is 3.84. The Labute approximate surface area is 99.8 Å². The fourth-order valence-electron chi connectivity index (χ4n) is 1.72. The molecule has 1 aliphatic carbocycles. The zero-order valence-electron chi connectivity index (χ0n) is 9.80. The van der Waals surface area contributed by atoms with Crippen LogP contribution >= 0.6 is 0 Å². The van der Waals surface area contributed by atoms with E-state index < -0.39 is 0 Å². The quantitative estimate of drug-likeness (QED) is 0.869. The highest BCUT2D eigenvalue weighted by Crippen LogP contribution is 2.44. The standard InChI is InChI=1S/C12H15N5/c1-12(7-8-12)9-13-11-14-15-16-17(11)10-5-3-2-4-6-10/h2-6H,7-9H2,1H3,(H,13,14,16). The zero-order valence-corrected chi connectivity index (χ0v) is 9.80. The van der Waals surface area contributed by atoms with Crippen molar-refractivity contribution in [3.05, 3.63) is 30.3 Å². The van der Waals surface area contributed by atoms with E-state index in [1.807, 2.05) is 30.3 Å². The smallest absolute Gasteiger partial charge is 0.247 e. The number of nitrogens with zero attached hydrogens (tertiary/aromatic N) is 4. The van der Waals surface area contributed by atoms with Crippen LogP contribution in [0.3, 0.4) is 0 Å². The summed E-state index contributed by atoms with van der Waals surface area (Å²) in [6.07, 6.45) is 2.57. The number of hydrogen-bond donors (Lipinski definition) is 1. The number of aromatic nitrogens is 4. The lowest BCUT2D eigenvalue weighted by molar-refractivity contribution is 0.606. The second-order valence-electron chi connectivity index (χ2n) is 4.91. The summed E-state index contributed by atoms with van der Waals surface area (Å²) in [7, 11) is 0. The molecule has 0 saturated heterocycles. The lowest BCUT2D eigenvalue weighted by Crippen LogP contribution is -2.15. The van der Waals surface area contributed by atoms with E-state index in [1.54, 1.807) is 4.68 Å². The minimum Gasteiger partial charge on any atom is -0.352 e. The first-order valence-corrected chi connectivity index (χ1v) is 5.85. The number of tetrazole rings is 1. The van der Waals surface area contributed by atoms with Crippen LogP contribution in [0.5, 0.6) is 0 Å². The molecule has 0 spiro atoms. The Kier molecular flexibility index (Phi) is 2.31. The third-order valence-electron chi connectivity index (χ3n) is 3.25. The molecule has 0 radical (unpaired) electrons. The highest BCUT2D eigenvalue weighted by molar-refractivity contribution is 5.38. The predicted octanol–water partition coefficient (Wildman–Crippen LogP) is 1.87. The van der Waals surface area contributed by atoms with E-state index in [4.69, 9.17) is 0 Å². The molecule has 1 aliphatic rings. The molecule has 0 amide bonds. The molecule has 1 aromatic heterocycles. The molecule has 1 fully saturated rings. The van der Waals surface area contributed by atoms with Gasteiger partial charge < -0.3 is 5.32 Å². The van der Waals surface area contributed by atoms with E-state index in [0.717, 1.165) is 12.2 Å². The summed E-state index contributed by atoms with van der Waals surface area (Å²) in [6.45, 7) is 3.21. The number of nitrogens with one attached hydrogen (secondary N) is 1. The fraction of sp³-hybridized carbons (Fsp3) is 0.417. The van der Waals surface area contributed by atoms with Gasteiger partial charge in [0.15, 0.2) is 0 Å². The van der Waals surface area contributed by atoms with Crippen LogP contribution in [0.1, 0.15) is 19.8 Å². The van der Waals surface area contributed by atoms with E-state index in [9.17, 15) is 0 Å². The van der Waals surface area contributed by atoms with Gasteiger partial charge in [0, 0.05) is 6.54 Å². The first-order chi connectivity index (χ1) is 8.27. The summed E-state index contributed by atoms with van der Waals surface area (Å²) < 4.78 is 1.73. The van der Waals surface area contributed by atoms with Crippen LogP contribution in [-0.2, 0) is 0 Å². The van der Waals surface area contributed by atoms with E-state index in [1.165, 1.54) is 12.8 Å². The highest BCUT2D eigenvalue weighted by atomic mass is 15.6. The lowest BCUT2D eigenvalue weighted by Gasteiger charge is -2.10. The van der Waals surface area contributed by atoms with Crippen LogP contribution in [0.4, 0.5) is 5.95 Å². The summed E-state index contributed by atoms with van der Waals surface area (Å²) >= 11 is 0. The average molecular weight is 229 g/mol. The van der Waals surface area contributed by atoms with Crippen molar-refractivity contribution in [1.29, 1.82) is 0 Å². The molecule has 5 nitrogen and oxygen atoms in total. The van der Waals surface area contributed by atoms with Gasteiger partial charge in [0.25, 0.3) is 0 Å². The maximum absolute atomic E-state index is 4.01. The van der Waals surface area contributed by atoms with Crippen LogP contribution in [0.25, 0.3) is 5.69 Å². The van der Waals surface area contributed by atoms with E-state index >= 15 is 0 Å². The number of rotatable bonds is 4. The molecule has 0 atom stereocenters.